The molecule has 3 rings (SSSR count). The summed E-state index contributed by atoms with van der Waals surface area (Å²) in [7, 11) is 0. The summed E-state index contributed by atoms with van der Waals surface area (Å²) in [5, 5.41) is 2.77. The lowest BCUT2D eigenvalue weighted by Crippen LogP contribution is -2.46. The van der Waals surface area contributed by atoms with Crippen molar-refractivity contribution in [2.24, 2.45) is 0 Å². The number of nitrogens with zero attached hydrogens (tertiary/aromatic N) is 3. The number of aromatic nitrogens is 1. The van der Waals surface area contributed by atoms with Crippen molar-refractivity contribution in [3.8, 4) is 0 Å². The van der Waals surface area contributed by atoms with E-state index >= 15 is 0 Å². The Kier molecular flexibility index (Phi) is 4.84. The zero-order chi connectivity index (χ0) is 16.9. The number of amides is 1. The van der Waals surface area contributed by atoms with Gasteiger partial charge in [-0.3, -0.25) is 4.79 Å². The minimum absolute atomic E-state index is 0.0623. The fourth-order valence-corrected chi connectivity index (χ4v) is 2.82. The Balaban J connectivity index is 1.64. The summed E-state index contributed by atoms with van der Waals surface area (Å²) in [5.41, 5.74) is 7.82. The lowest BCUT2D eigenvalue weighted by molar-refractivity contribution is -0.115. The first kappa shape index (κ1) is 16.1. The van der Waals surface area contributed by atoms with Crippen LogP contribution in [0.1, 0.15) is 13.3 Å². The summed E-state index contributed by atoms with van der Waals surface area (Å²) in [6.07, 6.45) is 0.419. The van der Waals surface area contributed by atoms with Gasteiger partial charge in [0, 0.05) is 38.3 Å². The molecule has 6 nitrogen and oxygen atoms in total. The number of pyridine rings is 1. The first-order chi connectivity index (χ1) is 11.7. The van der Waals surface area contributed by atoms with Gasteiger partial charge in [-0.2, -0.15) is 0 Å². The third-order valence-electron chi connectivity index (χ3n) is 4.23. The van der Waals surface area contributed by atoms with Gasteiger partial charge in [0.15, 0.2) is 0 Å². The van der Waals surface area contributed by atoms with Gasteiger partial charge in [-0.05, 0) is 24.3 Å². The molecule has 3 N–H and O–H groups in total. The molecule has 1 fully saturated rings. The fraction of sp³-hybridized carbons (Fsp3) is 0.333. The van der Waals surface area contributed by atoms with Crippen LogP contribution in [0.3, 0.4) is 0 Å². The zero-order valence-corrected chi connectivity index (χ0v) is 13.9. The Bertz CT molecular complexity index is 696. The van der Waals surface area contributed by atoms with Crippen molar-refractivity contribution < 1.29 is 4.79 Å². The number of piperazine rings is 1. The van der Waals surface area contributed by atoms with Gasteiger partial charge in [-0.15, -0.1) is 0 Å². The molecule has 0 saturated carbocycles. The fourth-order valence-electron chi connectivity index (χ4n) is 2.82. The van der Waals surface area contributed by atoms with Crippen LogP contribution in [0.25, 0.3) is 0 Å². The van der Waals surface area contributed by atoms with Crippen LogP contribution >= 0.6 is 0 Å². The molecule has 1 amide bonds. The molecule has 2 heterocycles. The highest BCUT2D eigenvalue weighted by Crippen LogP contribution is 2.23. The van der Waals surface area contributed by atoms with Crippen LogP contribution in [0, 0.1) is 0 Å². The van der Waals surface area contributed by atoms with Crippen LogP contribution in [0.2, 0.25) is 0 Å². The molecular weight excluding hydrogens is 302 g/mol. The normalized spacial score (nSPS) is 14.5. The van der Waals surface area contributed by atoms with Crippen LogP contribution in [0.4, 0.5) is 23.0 Å². The number of anilines is 4. The zero-order valence-electron chi connectivity index (χ0n) is 13.9. The maximum atomic E-state index is 11.5. The third kappa shape index (κ3) is 3.59. The number of hydrogen-bond acceptors (Lipinski definition) is 5. The van der Waals surface area contributed by atoms with Crippen molar-refractivity contribution >= 4 is 28.9 Å². The van der Waals surface area contributed by atoms with E-state index in [2.05, 4.69) is 44.4 Å². The number of rotatable bonds is 4. The number of hydrogen-bond donors (Lipinski definition) is 2. The van der Waals surface area contributed by atoms with E-state index in [-0.39, 0.29) is 5.91 Å². The largest absolute Gasteiger partial charge is 0.382 e. The summed E-state index contributed by atoms with van der Waals surface area (Å²) in [6.45, 7) is 5.48. The molecule has 24 heavy (non-hydrogen) atoms. The highest BCUT2D eigenvalue weighted by Gasteiger charge is 2.19. The average molecular weight is 325 g/mol. The average Bonchev–Trinajstić information content (AvgIpc) is 2.64. The Morgan fingerprint density at radius 2 is 1.75 bits per heavy atom. The second kappa shape index (κ2) is 7.21. The lowest BCUT2D eigenvalue weighted by Gasteiger charge is -2.36. The number of carbonyl (C=O) groups excluding carboxylic acids is 1. The first-order valence-corrected chi connectivity index (χ1v) is 8.28. The molecule has 0 atom stereocenters. The Labute approximate surface area is 142 Å². The van der Waals surface area contributed by atoms with Crippen molar-refractivity contribution in [1.82, 2.24) is 4.98 Å². The van der Waals surface area contributed by atoms with Gasteiger partial charge >= 0.3 is 0 Å². The monoisotopic (exact) mass is 325 g/mol. The predicted octanol–water partition coefficient (Wildman–Crippen LogP) is 2.34. The number of nitrogen functional groups attached to an aromatic ring is 1. The number of nitrogens with two attached hydrogens (primary N) is 1. The van der Waals surface area contributed by atoms with Crippen molar-refractivity contribution in [1.29, 1.82) is 0 Å². The molecule has 2 aromatic rings. The van der Waals surface area contributed by atoms with Crippen molar-refractivity contribution in [3.63, 3.8) is 0 Å². The molecular formula is C18H23N5O. The second-order valence-electron chi connectivity index (χ2n) is 5.81. The van der Waals surface area contributed by atoms with Gasteiger partial charge in [0.05, 0.1) is 5.69 Å². The maximum absolute atomic E-state index is 11.5. The van der Waals surface area contributed by atoms with Crippen molar-refractivity contribution in [3.05, 3.63) is 42.5 Å². The van der Waals surface area contributed by atoms with E-state index in [1.165, 1.54) is 5.69 Å². The Morgan fingerprint density at radius 3 is 2.38 bits per heavy atom. The van der Waals surface area contributed by atoms with Gasteiger partial charge in [0.1, 0.15) is 11.6 Å². The van der Waals surface area contributed by atoms with Gasteiger partial charge < -0.3 is 20.9 Å². The van der Waals surface area contributed by atoms with Gasteiger partial charge in [-0.1, -0.05) is 25.1 Å². The van der Waals surface area contributed by atoms with Crippen LogP contribution in [-0.4, -0.2) is 37.1 Å². The molecule has 0 bridgehead atoms. The molecule has 1 aromatic heterocycles. The molecule has 1 saturated heterocycles. The Hall–Kier alpha value is -2.76. The molecule has 0 unspecified atom stereocenters. The van der Waals surface area contributed by atoms with Crippen LogP contribution in [0.15, 0.2) is 42.5 Å². The number of benzene rings is 1. The maximum Gasteiger partial charge on any atom is 0.224 e. The molecule has 0 radical (unpaired) electrons. The molecule has 0 aliphatic carbocycles. The summed E-state index contributed by atoms with van der Waals surface area (Å²) in [6, 6.07) is 14.2. The minimum atomic E-state index is -0.0623. The number of carbonyl (C=O) groups is 1. The predicted molar refractivity (Wildman–Crippen MR) is 98.4 cm³/mol. The molecule has 6 heteroatoms. The standard InChI is InChI=1S/C18H23N5O/c1-2-17(24)20-15-8-9-16(21-18(15)19)23-12-10-22(11-13-23)14-6-4-3-5-7-14/h3-9H,2,10-13H2,1H3,(H2,19,21)(H,20,24). The van der Waals surface area contributed by atoms with Gasteiger partial charge in [-0.25, -0.2) is 4.98 Å². The van der Waals surface area contributed by atoms with Crippen LogP contribution < -0.4 is 20.9 Å². The lowest BCUT2D eigenvalue weighted by atomic mass is 10.2. The van der Waals surface area contributed by atoms with E-state index in [1.807, 2.05) is 18.2 Å². The Morgan fingerprint density at radius 1 is 1.08 bits per heavy atom. The molecule has 126 valence electrons. The van der Waals surface area contributed by atoms with E-state index in [4.69, 9.17) is 5.73 Å². The van der Waals surface area contributed by atoms with Crippen LogP contribution in [0.5, 0.6) is 0 Å². The van der Waals surface area contributed by atoms with E-state index in [9.17, 15) is 4.79 Å². The van der Waals surface area contributed by atoms with E-state index < -0.39 is 0 Å². The van der Waals surface area contributed by atoms with E-state index in [0.717, 1.165) is 32.0 Å². The van der Waals surface area contributed by atoms with Crippen molar-refractivity contribution in [2.45, 2.75) is 13.3 Å². The van der Waals surface area contributed by atoms with Gasteiger partial charge in [0.25, 0.3) is 0 Å². The first-order valence-electron chi connectivity index (χ1n) is 8.28. The summed E-state index contributed by atoms with van der Waals surface area (Å²) in [4.78, 5) is 20.5. The highest BCUT2D eigenvalue weighted by atomic mass is 16.1. The molecule has 1 aliphatic rings. The third-order valence-corrected chi connectivity index (χ3v) is 4.23. The molecule has 1 aromatic carbocycles. The quantitative estimate of drug-likeness (QED) is 0.902. The molecule has 0 spiro atoms. The van der Waals surface area contributed by atoms with Crippen LogP contribution in [-0.2, 0) is 4.79 Å². The van der Waals surface area contributed by atoms with Crippen molar-refractivity contribution in [2.75, 3.05) is 47.0 Å². The highest BCUT2D eigenvalue weighted by molar-refractivity contribution is 5.93. The topological polar surface area (TPSA) is 74.5 Å². The van der Waals surface area contributed by atoms with Gasteiger partial charge in [0.2, 0.25) is 5.91 Å². The smallest absolute Gasteiger partial charge is 0.224 e. The summed E-state index contributed by atoms with van der Waals surface area (Å²) >= 11 is 0. The SMILES string of the molecule is CCC(=O)Nc1ccc(N2CCN(c3ccccc3)CC2)nc1N. The second-order valence-corrected chi connectivity index (χ2v) is 5.81. The number of nitrogens with one attached hydrogen (secondary N) is 1. The van der Waals surface area contributed by atoms with E-state index in [0.29, 0.717) is 17.9 Å². The minimum Gasteiger partial charge on any atom is -0.382 e. The molecule has 1 aliphatic heterocycles. The summed E-state index contributed by atoms with van der Waals surface area (Å²) in [5.74, 6) is 1.15. The van der Waals surface area contributed by atoms with E-state index in [1.54, 1.807) is 6.92 Å². The summed E-state index contributed by atoms with van der Waals surface area (Å²) < 4.78 is 0. The number of para-hydroxylation sites is 1.